The van der Waals surface area contributed by atoms with E-state index >= 15 is 0 Å². The normalized spacial score (nSPS) is 34.8. The van der Waals surface area contributed by atoms with E-state index in [1.807, 2.05) is 24.3 Å². The third-order valence-corrected chi connectivity index (χ3v) is 6.41. The van der Waals surface area contributed by atoms with Gasteiger partial charge in [0.25, 0.3) is 0 Å². The topological polar surface area (TPSA) is 57.2 Å². The van der Waals surface area contributed by atoms with E-state index in [-0.39, 0.29) is 43.0 Å². The van der Waals surface area contributed by atoms with Crippen LogP contribution in [0.3, 0.4) is 0 Å². The molecule has 2 saturated heterocycles. The number of ether oxygens (including phenoxy) is 4. The van der Waals surface area contributed by atoms with E-state index in [1.54, 1.807) is 7.11 Å². The molecule has 0 amide bonds. The van der Waals surface area contributed by atoms with Crippen molar-refractivity contribution in [3.8, 4) is 5.75 Å². The molecule has 2 heterocycles. The number of hydrogen-bond acceptors (Lipinski definition) is 5. The molecule has 5 heteroatoms. The number of aliphatic hydroxyl groups excluding tert-OH is 1. The molecule has 164 valence electrons. The largest absolute Gasteiger partial charge is 0.497 e. The third kappa shape index (κ3) is 5.52. The van der Waals surface area contributed by atoms with Gasteiger partial charge in [0.15, 0.2) is 0 Å². The van der Waals surface area contributed by atoms with Gasteiger partial charge < -0.3 is 24.1 Å². The monoisotopic (exact) mass is 406 g/mol. The highest BCUT2D eigenvalue weighted by Gasteiger charge is 2.49. The summed E-state index contributed by atoms with van der Waals surface area (Å²) in [6, 6.07) is 8.02. The molecule has 1 aromatic carbocycles. The average molecular weight is 407 g/mol. The summed E-state index contributed by atoms with van der Waals surface area (Å²) in [6.07, 6.45) is 2.94. The van der Waals surface area contributed by atoms with Crippen LogP contribution in [0.25, 0.3) is 0 Å². The molecule has 7 atom stereocenters. The molecule has 1 N–H and O–H groups in total. The first-order valence-electron chi connectivity index (χ1n) is 11.1. The van der Waals surface area contributed by atoms with Crippen LogP contribution < -0.4 is 4.74 Å². The maximum Gasteiger partial charge on any atom is 0.118 e. The van der Waals surface area contributed by atoms with Gasteiger partial charge in [-0.1, -0.05) is 39.8 Å². The fourth-order valence-electron chi connectivity index (χ4n) is 4.81. The van der Waals surface area contributed by atoms with E-state index in [0.717, 1.165) is 24.2 Å². The molecule has 2 aliphatic rings. The average Bonchev–Trinajstić information content (AvgIpc) is 2.69. The SMILES string of the molecule is COc1ccc(CO[C@@H]2[C@@H](C)[C@@H]3O[C@H](CCO)[C@H](C)CC3O[C@H]2CC(C)C)cc1. The van der Waals surface area contributed by atoms with Crippen LogP contribution in [0.15, 0.2) is 24.3 Å². The molecule has 0 aliphatic carbocycles. The number of aliphatic hydroxyl groups is 1. The fourth-order valence-corrected chi connectivity index (χ4v) is 4.81. The van der Waals surface area contributed by atoms with Crippen LogP contribution in [0.5, 0.6) is 5.75 Å². The first-order chi connectivity index (χ1) is 13.9. The summed E-state index contributed by atoms with van der Waals surface area (Å²) in [5.41, 5.74) is 1.12. The zero-order valence-electron chi connectivity index (χ0n) is 18.5. The van der Waals surface area contributed by atoms with Gasteiger partial charge in [-0.2, -0.15) is 0 Å². The lowest BCUT2D eigenvalue weighted by molar-refractivity contribution is -0.267. The van der Waals surface area contributed by atoms with Crippen molar-refractivity contribution in [1.82, 2.24) is 0 Å². The van der Waals surface area contributed by atoms with Gasteiger partial charge in [-0.05, 0) is 48.8 Å². The van der Waals surface area contributed by atoms with Crippen molar-refractivity contribution in [3.05, 3.63) is 29.8 Å². The predicted octanol–water partition coefficient (Wildman–Crippen LogP) is 4.21. The summed E-state index contributed by atoms with van der Waals surface area (Å²) in [5.74, 6) is 2.03. The van der Waals surface area contributed by atoms with E-state index in [2.05, 4.69) is 27.7 Å². The Morgan fingerprint density at radius 3 is 2.45 bits per heavy atom. The minimum atomic E-state index is -0.0102. The third-order valence-electron chi connectivity index (χ3n) is 6.41. The summed E-state index contributed by atoms with van der Waals surface area (Å²) in [7, 11) is 1.68. The Morgan fingerprint density at radius 1 is 1.10 bits per heavy atom. The number of rotatable bonds is 8. The Bertz CT molecular complexity index is 616. The van der Waals surface area contributed by atoms with Crippen molar-refractivity contribution in [1.29, 1.82) is 0 Å². The lowest BCUT2D eigenvalue weighted by Crippen LogP contribution is -2.59. The standard InChI is InChI=1S/C24H38O5/c1-15(2)12-21-23(27-14-18-6-8-19(26-5)9-7-18)17(4)24-22(28-21)13-16(3)20(29-24)10-11-25/h6-9,15-17,20-25H,10-14H2,1-5H3/t16-,17-,20-,21+,22?,23-,24+/m1/s1. The molecule has 5 nitrogen and oxygen atoms in total. The van der Waals surface area contributed by atoms with Crippen LogP contribution in [-0.2, 0) is 20.8 Å². The molecule has 3 rings (SSSR count). The molecule has 0 bridgehead atoms. The first kappa shape index (κ1) is 22.5. The highest BCUT2D eigenvalue weighted by atomic mass is 16.6. The summed E-state index contributed by atoms with van der Waals surface area (Å²) < 4.78 is 24.7. The van der Waals surface area contributed by atoms with Crippen molar-refractivity contribution in [2.24, 2.45) is 17.8 Å². The molecule has 0 radical (unpaired) electrons. The quantitative estimate of drug-likeness (QED) is 0.701. The molecule has 2 aliphatic heterocycles. The minimum Gasteiger partial charge on any atom is -0.497 e. The van der Waals surface area contributed by atoms with Crippen molar-refractivity contribution < 1.29 is 24.1 Å². The lowest BCUT2D eigenvalue weighted by Gasteiger charge is -2.51. The summed E-state index contributed by atoms with van der Waals surface area (Å²) >= 11 is 0. The fraction of sp³-hybridized carbons (Fsp3) is 0.750. The molecule has 1 aromatic rings. The van der Waals surface area contributed by atoms with Gasteiger partial charge in [0.2, 0.25) is 0 Å². The number of methoxy groups -OCH3 is 1. The van der Waals surface area contributed by atoms with E-state index in [0.29, 0.717) is 24.9 Å². The molecule has 0 spiro atoms. The van der Waals surface area contributed by atoms with E-state index < -0.39 is 0 Å². The highest BCUT2D eigenvalue weighted by molar-refractivity contribution is 5.26. The molecule has 29 heavy (non-hydrogen) atoms. The maximum absolute atomic E-state index is 9.39. The second-order valence-electron chi connectivity index (χ2n) is 9.19. The zero-order valence-corrected chi connectivity index (χ0v) is 18.5. The van der Waals surface area contributed by atoms with Crippen LogP contribution in [0.1, 0.15) is 52.5 Å². The van der Waals surface area contributed by atoms with Gasteiger partial charge in [-0.15, -0.1) is 0 Å². The predicted molar refractivity (Wildman–Crippen MR) is 113 cm³/mol. The van der Waals surface area contributed by atoms with Gasteiger partial charge in [0.1, 0.15) is 5.75 Å². The number of hydrogen-bond donors (Lipinski definition) is 1. The summed E-state index contributed by atoms with van der Waals surface area (Å²) in [5, 5.41) is 9.39. The number of fused-ring (bicyclic) bond motifs is 1. The van der Waals surface area contributed by atoms with Gasteiger partial charge >= 0.3 is 0 Å². The van der Waals surface area contributed by atoms with Crippen molar-refractivity contribution in [2.45, 2.75) is 84.1 Å². The molecule has 0 aromatic heterocycles. The van der Waals surface area contributed by atoms with Crippen LogP contribution in [0.4, 0.5) is 0 Å². The lowest BCUT2D eigenvalue weighted by atomic mass is 9.79. The van der Waals surface area contributed by atoms with Crippen LogP contribution in [0, 0.1) is 17.8 Å². The molecule has 1 unspecified atom stereocenters. The van der Waals surface area contributed by atoms with Crippen molar-refractivity contribution in [3.63, 3.8) is 0 Å². The van der Waals surface area contributed by atoms with Crippen LogP contribution in [-0.4, -0.2) is 49.3 Å². The van der Waals surface area contributed by atoms with Gasteiger partial charge in [0, 0.05) is 12.5 Å². The van der Waals surface area contributed by atoms with Crippen molar-refractivity contribution in [2.75, 3.05) is 13.7 Å². The Labute approximate surface area is 175 Å². The molecular weight excluding hydrogens is 368 g/mol. The molecule has 2 fully saturated rings. The molecule has 0 saturated carbocycles. The van der Waals surface area contributed by atoms with Gasteiger partial charge in [-0.3, -0.25) is 0 Å². The first-order valence-corrected chi connectivity index (χ1v) is 11.1. The van der Waals surface area contributed by atoms with E-state index in [4.69, 9.17) is 18.9 Å². The summed E-state index contributed by atoms with van der Waals surface area (Å²) in [4.78, 5) is 0. The Morgan fingerprint density at radius 2 is 1.83 bits per heavy atom. The zero-order chi connectivity index (χ0) is 21.0. The Kier molecular flexibility index (Phi) is 7.97. The smallest absolute Gasteiger partial charge is 0.118 e. The number of benzene rings is 1. The van der Waals surface area contributed by atoms with Crippen LogP contribution in [0.2, 0.25) is 0 Å². The second kappa shape index (κ2) is 10.3. The maximum atomic E-state index is 9.39. The van der Waals surface area contributed by atoms with Crippen LogP contribution >= 0.6 is 0 Å². The van der Waals surface area contributed by atoms with Gasteiger partial charge in [0.05, 0.1) is 44.2 Å². The van der Waals surface area contributed by atoms with Crippen molar-refractivity contribution >= 4 is 0 Å². The van der Waals surface area contributed by atoms with E-state index in [9.17, 15) is 5.11 Å². The highest BCUT2D eigenvalue weighted by Crippen LogP contribution is 2.40. The Balaban J connectivity index is 1.71. The summed E-state index contributed by atoms with van der Waals surface area (Å²) in [6.45, 7) is 9.61. The second-order valence-corrected chi connectivity index (χ2v) is 9.19. The van der Waals surface area contributed by atoms with Gasteiger partial charge in [-0.25, -0.2) is 0 Å². The minimum absolute atomic E-state index is 0.0102. The molecular formula is C24H38O5. The Hall–Kier alpha value is -1.14. The van der Waals surface area contributed by atoms with E-state index in [1.165, 1.54) is 0 Å².